The number of rotatable bonds is 8. The van der Waals surface area contributed by atoms with Crippen LogP contribution >= 0.6 is 12.2 Å². The molecule has 0 saturated carbocycles. The van der Waals surface area contributed by atoms with Crippen molar-refractivity contribution in [2.75, 3.05) is 11.9 Å². The number of unbranched alkanes of at least 4 members (excludes halogenated alkanes) is 3. The summed E-state index contributed by atoms with van der Waals surface area (Å²) in [4.78, 5) is 1.13. The zero-order valence-corrected chi connectivity index (χ0v) is 14.2. The van der Waals surface area contributed by atoms with Crippen molar-refractivity contribution < 1.29 is 0 Å². The van der Waals surface area contributed by atoms with Gasteiger partial charge in [-0.3, -0.25) is 0 Å². The molecule has 1 nitrogen and oxygen atoms in total. The molecule has 21 heavy (non-hydrogen) atoms. The summed E-state index contributed by atoms with van der Waals surface area (Å²) in [7, 11) is 0. The van der Waals surface area contributed by atoms with Crippen LogP contribution in [0.3, 0.4) is 0 Å². The summed E-state index contributed by atoms with van der Waals surface area (Å²) in [6, 6.07) is 4.67. The Morgan fingerprint density at radius 2 is 2.05 bits per heavy atom. The molecule has 0 spiro atoms. The Hall–Kier alpha value is -1.15. The Balaban J connectivity index is 2.15. The van der Waals surface area contributed by atoms with Gasteiger partial charge in [0.25, 0.3) is 0 Å². The van der Waals surface area contributed by atoms with E-state index >= 15 is 0 Å². The summed E-state index contributed by atoms with van der Waals surface area (Å²) in [6.45, 7) is 9.15. The number of nitrogens with one attached hydrogen (secondary N) is 1. The summed E-state index contributed by atoms with van der Waals surface area (Å²) >= 11 is 5.49. The first-order valence-corrected chi connectivity index (χ1v) is 8.60. The lowest BCUT2D eigenvalue weighted by Crippen LogP contribution is -2.06. The third-order valence-electron chi connectivity index (χ3n) is 4.13. The zero-order valence-electron chi connectivity index (χ0n) is 13.4. The van der Waals surface area contributed by atoms with Gasteiger partial charge in [0.2, 0.25) is 0 Å². The van der Waals surface area contributed by atoms with Crippen LogP contribution in [0.1, 0.15) is 62.6 Å². The van der Waals surface area contributed by atoms with Gasteiger partial charge in [0.1, 0.15) is 0 Å². The fourth-order valence-corrected chi connectivity index (χ4v) is 3.20. The molecule has 1 aliphatic carbocycles. The maximum absolute atomic E-state index is 5.49. The maximum Gasteiger partial charge on any atom is 0.0381 e. The van der Waals surface area contributed by atoms with Crippen molar-refractivity contribution in [2.24, 2.45) is 0 Å². The van der Waals surface area contributed by atoms with Crippen molar-refractivity contribution in [1.82, 2.24) is 0 Å². The van der Waals surface area contributed by atoms with Gasteiger partial charge in [0.15, 0.2) is 0 Å². The normalized spacial score (nSPS) is 13.3. The van der Waals surface area contributed by atoms with Crippen LogP contribution < -0.4 is 5.32 Å². The SMILES string of the molecule is C=C(C)CNc1cc2c(cc1CCCCCC)CCC2=S. The molecule has 2 rings (SSSR count). The lowest BCUT2D eigenvalue weighted by Gasteiger charge is -2.15. The lowest BCUT2D eigenvalue weighted by atomic mass is 9.99. The van der Waals surface area contributed by atoms with E-state index < -0.39 is 0 Å². The molecule has 0 bridgehead atoms. The van der Waals surface area contributed by atoms with Crippen LogP contribution in [0, 0.1) is 0 Å². The molecule has 114 valence electrons. The fraction of sp³-hybridized carbons (Fsp3) is 0.526. The zero-order chi connectivity index (χ0) is 15.2. The predicted molar refractivity (Wildman–Crippen MR) is 97.6 cm³/mol. The Morgan fingerprint density at radius 1 is 1.24 bits per heavy atom. The molecule has 0 saturated heterocycles. The monoisotopic (exact) mass is 301 g/mol. The molecule has 0 unspecified atom stereocenters. The van der Waals surface area contributed by atoms with Crippen LogP contribution in [-0.2, 0) is 12.8 Å². The molecular weight excluding hydrogens is 274 g/mol. The first-order chi connectivity index (χ1) is 10.1. The van der Waals surface area contributed by atoms with Crippen LogP contribution in [0.2, 0.25) is 0 Å². The van der Waals surface area contributed by atoms with Gasteiger partial charge in [-0.1, -0.05) is 56.6 Å². The number of anilines is 1. The van der Waals surface area contributed by atoms with Crippen LogP contribution in [0.15, 0.2) is 24.3 Å². The third-order valence-corrected chi connectivity index (χ3v) is 4.56. The van der Waals surface area contributed by atoms with E-state index in [0.717, 1.165) is 29.8 Å². The largest absolute Gasteiger partial charge is 0.381 e. The number of aryl methyl sites for hydroxylation is 2. The molecule has 1 aromatic rings. The van der Waals surface area contributed by atoms with Crippen LogP contribution in [0.5, 0.6) is 0 Å². The number of hydrogen-bond acceptors (Lipinski definition) is 2. The minimum absolute atomic E-state index is 0.841. The van der Waals surface area contributed by atoms with Gasteiger partial charge in [-0.05, 0) is 55.4 Å². The molecule has 0 atom stereocenters. The summed E-state index contributed by atoms with van der Waals surface area (Å²) in [6.07, 6.45) is 8.56. The van der Waals surface area contributed by atoms with Crippen molar-refractivity contribution in [3.05, 3.63) is 41.0 Å². The van der Waals surface area contributed by atoms with Crippen LogP contribution in [-0.4, -0.2) is 11.4 Å². The van der Waals surface area contributed by atoms with E-state index in [1.54, 1.807) is 0 Å². The van der Waals surface area contributed by atoms with Gasteiger partial charge in [0, 0.05) is 17.1 Å². The van der Waals surface area contributed by atoms with Gasteiger partial charge in [-0.2, -0.15) is 0 Å². The molecule has 2 heteroatoms. The highest BCUT2D eigenvalue weighted by Crippen LogP contribution is 2.30. The van der Waals surface area contributed by atoms with Crippen molar-refractivity contribution >= 4 is 22.8 Å². The number of thiocarbonyl (C=S) groups is 1. The van der Waals surface area contributed by atoms with Crippen molar-refractivity contribution in [2.45, 2.75) is 58.8 Å². The van der Waals surface area contributed by atoms with E-state index in [4.69, 9.17) is 12.2 Å². The van der Waals surface area contributed by atoms with E-state index in [-0.39, 0.29) is 0 Å². The molecule has 0 aromatic heterocycles. The van der Waals surface area contributed by atoms with Crippen LogP contribution in [0.4, 0.5) is 5.69 Å². The Morgan fingerprint density at radius 3 is 2.76 bits per heavy atom. The molecule has 0 heterocycles. The minimum atomic E-state index is 0.841. The number of benzene rings is 1. The van der Waals surface area contributed by atoms with E-state index in [2.05, 4.69) is 37.9 Å². The predicted octanol–water partition coefficient (Wildman–Crippen LogP) is 5.46. The van der Waals surface area contributed by atoms with Crippen molar-refractivity contribution in [1.29, 1.82) is 0 Å². The van der Waals surface area contributed by atoms with Crippen molar-refractivity contribution in [3.63, 3.8) is 0 Å². The van der Waals surface area contributed by atoms with E-state index in [0.29, 0.717) is 0 Å². The van der Waals surface area contributed by atoms with E-state index in [1.807, 2.05) is 0 Å². The molecular formula is C19H27NS. The number of fused-ring (bicyclic) bond motifs is 1. The second-order valence-electron chi connectivity index (χ2n) is 6.21. The highest BCUT2D eigenvalue weighted by molar-refractivity contribution is 7.80. The fourth-order valence-electron chi connectivity index (χ4n) is 2.90. The first kappa shape index (κ1) is 16.2. The summed E-state index contributed by atoms with van der Waals surface area (Å²) in [5.41, 5.74) is 6.63. The quantitative estimate of drug-likeness (QED) is 0.388. The van der Waals surface area contributed by atoms with Gasteiger partial charge in [-0.15, -0.1) is 0 Å². The highest BCUT2D eigenvalue weighted by Gasteiger charge is 2.18. The minimum Gasteiger partial charge on any atom is -0.381 e. The van der Waals surface area contributed by atoms with E-state index in [9.17, 15) is 0 Å². The smallest absolute Gasteiger partial charge is 0.0381 e. The van der Waals surface area contributed by atoms with E-state index in [1.165, 1.54) is 54.5 Å². The molecule has 0 aliphatic heterocycles. The maximum atomic E-state index is 5.49. The Bertz CT molecular complexity index is 531. The molecule has 1 aliphatic rings. The highest BCUT2D eigenvalue weighted by atomic mass is 32.1. The average Bonchev–Trinajstić information content (AvgIpc) is 2.81. The second-order valence-corrected chi connectivity index (χ2v) is 6.70. The molecule has 0 amide bonds. The van der Waals surface area contributed by atoms with Gasteiger partial charge in [-0.25, -0.2) is 0 Å². The van der Waals surface area contributed by atoms with Crippen molar-refractivity contribution in [3.8, 4) is 0 Å². The molecule has 0 fully saturated rings. The summed E-state index contributed by atoms with van der Waals surface area (Å²) < 4.78 is 0. The first-order valence-electron chi connectivity index (χ1n) is 8.19. The second kappa shape index (κ2) is 7.74. The molecule has 1 aromatic carbocycles. The Kier molecular flexibility index (Phi) is 5.98. The summed E-state index contributed by atoms with van der Waals surface area (Å²) in [5, 5.41) is 3.54. The third kappa shape index (κ3) is 4.41. The standard InChI is InChI=1S/C19H27NS/c1-4-5-6-7-8-16-11-15-9-10-19(21)17(15)12-18(16)20-13-14(2)3/h11-12,20H,2,4-10,13H2,1,3H3. The van der Waals surface area contributed by atoms with Gasteiger partial charge < -0.3 is 5.32 Å². The molecule has 0 radical (unpaired) electrons. The van der Waals surface area contributed by atoms with Gasteiger partial charge in [0.05, 0.1) is 0 Å². The van der Waals surface area contributed by atoms with Crippen LogP contribution in [0.25, 0.3) is 0 Å². The Labute approximate surface area is 134 Å². The lowest BCUT2D eigenvalue weighted by molar-refractivity contribution is 0.667. The topological polar surface area (TPSA) is 12.0 Å². The number of hydrogen-bond donors (Lipinski definition) is 1. The summed E-state index contributed by atoms with van der Waals surface area (Å²) in [5.74, 6) is 0. The average molecular weight is 301 g/mol. The molecule has 1 N–H and O–H groups in total. The van der Waals surface area contributed by atoms with Gasteiger partial charge >= 0.3 is 0 Å².